The lowest BCUT2D eigenvalue weighted by Crippen LogP contribution is -2.27. The second-order valence-electron chi connectivity index (χ2n) is 7.39. The van der Waals surface area contributed by atoms with Gasteiger partial charge in [0.25, 0.3) is 0 Å². The fourth-order valence-electron chi connectivity index (χ4n) is 3.18. The SMILES string of the molecule is Cc1c(C(=O)Oc2ccccc2)c(OCc2ccccc2)cc(Br)c1N(C)C(C)C. The Kier molecular flexibility index (Phi) is 7.16. The molecule has 0 spiro atoms. The highest BCUT2D eigenvalue weighted by Crippen LogP contribution is 2.39. The van der Waals surface area contributed by atoms with Gasteiger partial charge < -0.3 is 14.4 Å². The molecule has 4 nitrogen and oxygen atoms in total. The van der Waals surface area contributed by atoms with Crippen LogP contribution < -0.4 is 14.4 Å². The van der Waals surface area contributed by atoms with Crippen LogP contribution in [-0.2, 0) is 6.61 Å². The molecule has 0 aromatic heterocycles. The third kappa shape index (κ3) is 5.03. The maximum absolute atomic E-state index is 13.2. The lowest BCUT2D eigenvalue weighted by atomic mass is 10.0. The Bertz CT molecular complexity index is 1000. The molecule has 156 valence electrons. The summed E-state index contributed by atoms with van der Waals surface area (Å²) in [4.78, 5) is 15.3. The Morgan fingerprint density at radius 1 is 1.03 bits per heavy atom. The van der Waals surface area contributed by atoms with Crippen molar-refractivity contribution in [2.75, 3.05) is 11.9 Å². The highest BCUT2D eigenvalue weighted by molar-refractivity contribution is 9.10. The number of benzene rings is 3. The summed E-state index contributed by atoms with van der Waals surface area (Å²) in [6, 6.07) is 21.1. The topological polar surface area (TPSA) is 38.8 Å². The Morgan fingerprint density at radius 2 is 1.63 bits per heavy atom. The van der Waals surface area contributed by atoms with E-state index in [4.69, 9.17) is 9.47 Å². The van der Waals surface area contributed by atoms with E-state index in [-0.39, 0.29) is 6.04 Å². The van der Waals surface area contributed by atoms with Crippen molar-refractivity contribution in [2.45, 2.75) is 33.4 Å². The van der Waals surface area contributed by atoms with Crippen molar-refractivity contribution in [3.05, 3.63) is 87.9 Å². The standard InChI is InChI=1S/C25H26BrNO3/c1-17(2)27(4)24-18(3)23(25(28)30-20-13-9-6-10-14-20)22(15-21(24)26)29-16-19-11-7-5-8-12-19/h5-15,17H,16H2,1-4H3. The molecule has 3 aromatic rings. The van der Waals surface area contributed by atoms with E-state index in [1.807, 2.05) is 68.6 Å². The Morgan fingerprint density at radius 3 is 2.23 bits per heavy atom. The maximum atomic E-state index is 13.2. The number of carbonyl (C=O) groups is 1. The smallest absolute Gasteiger partial charge is 0.347 e. The number of para-hydroxylation sites is 1. The normalized spacial score (nSPS) is 10.7. The van der Waals surface area contributed by atoms with Gasteiger partial charge >= 0.3 is 5.97 Å². The molecule has 30 heavy (non-hydrogen) atoms. The average Bonchev–Trinajstić information content (AvgIpc) is 2.73. The zero-order chi connectivity index (χ0) is 21.7. The molecule has 0 bridgehead atoms. The first-order valence-corrected chi connectivity index (χ1v) is 10.7. The largest absolute Gasteiger partial charge is 0.488 e. The predicted molar refractivity (Wildman–Crippen MR) is 125 cm³/mol. The molecule has 0 aliphatic heterocycles. The zero-order valence-corrected chi connectivity index (χ0v) is 19.3. The van der Waals surface area contributed by atoms with Crippen LogP contribution in [0.2, 0.25) is 0 Å². The van der Waals surface area contributed by atoms with E-state index in [1.165, 1.54) is 0 Å². The van der Waals surface area contributed by atoms with Gasteiger partial charge in [0.05, 0.1) is 5.69 Å². The average molecular weight is 468 g/mol. The fourth-order valence-corrected chi connectivity index (χ4v) is 3.96. The lowest BCUT2D eigenvalue weighted by Gasteiger charge is -2.28. The van der Waals surface area contributed by atoms with Crippen molar-refractivity contribution in [2.24, 2.45) is 0 Å². The number of ether oxygens (including phenoxy) is 2. The second-order valence-corrected chi connectivity index (χ2v) is 8.24. The first kappa shape index (κ1) is 21.9. The van der Waals surface area contributed by atoms with Gasteiger partial charge in [-0.3, -0.25) is 0 Å². The van der Waals surface area contributed by atoms with Crippen LogP contribution in [0.25, 0.3) is 0 Å². The third-order valence-corrected chi connectivity index (χ3v) is 5.59. The summed E-state index contributed by atoms with van der Waals surface area (Å²) in [7, 11) is 2.01. The van der Waals surface area contributed by atoms with Crippen LogP contribution in [0.5, 0.6) is 11.5 Å². The van der Waals surface area contributed by atoms with Crippen molar-refractivity contribution in [1.82, 2.24) is 0 Å². The molecular formula is C25H26BrNO3. The quantitative estimate of drug-likeness (QED) is 0.297. The third-order valence-electron chi connectivity index (χ3n) is 4.98. The van der Waals surface area contributed by atoms with E-state index in [0.29, 0.717) is 23.7 Å². The molecule has 0 aliphatic rings. The monoisotopic (exact) mass is 467 g/mol. The number of esters is 1. The van der Waals surface area contributed by atoms with Gasteiger partial charge in [0.1, 0.15) is 23.7 Å². The number of carbonyl (C=O) groups excluding carboxylic acids is 1. The summed E-state index contributed by atoms with van der Waals surface area (Å²) in [5, 5.41) is 0. The molecule has 0 N–H and O–H groups in total. The summed E-state index contributed by atoms with van der Waals surface area (Å²) in [6.07, 6.45) is 0. The van der Waals surface area contributed by atoms with Gasteiger partial charge in [0.2, 0.25) is 0 Å². The Balaban J connectivity index is 2.02. The fraction of sp³-hybridized carbons (Fsp3) is 0.240. The molecule has 5 heteroatoms. The maximum Gasteiger partial charge on any atom is 0.347 e. The van der Waals surface area contributed by atoms with Crippen LogP contribution in [0.15, 0.2) is 71.2 Å². The van der Waals surface area contributed by atoms with E-state index in [1.54, 1.807) is 12.1 Å². The summed E-state index contributed by atoms with van der Waals surface area (Å²) in [5.41, 5.74) is 3.21. The first-order chi connectivity index (χ1) is 14.4. The molecular weight excluding hydrogens is 442 g/mol. The van der Waals surface area contributed by atoms with Crippen LogP contribution in [0.4, 0.5) is 5.69 Å². The highest BCUT2D eigenvalue weighted by atomic mass is 79.9. The van der Waals surface area contributed by atoms with Gasteiger partial charge in [0.15, 0.2) is 0 Å². The molecule has 0 aliphatic carbocycles. The van der Waals surface area contributed by atoms with Crippen LogP contribution in [-0.4, -0.2) is 19.1 Å². The molecule has 0 atom stereocenters. The van der Waals surface area contributed by atoms with Crippen molar-refractivity contribution in [3.63, 3.8) is 0 Å². The molecule has 3 aromatic carbocycles. The minimum atomic E-state index is -0.437. The van der Waals surface area contributed by atoms with E-state index < -0.39 is 5.97 Å². The van der Waals surface area contributed by atoms with Gasteiger partial charge in [-0.15, -0.1) is 0 Å². The number of hydrogen-bond donors (Lipinski definition) is 0. The lowest BCUT2D eigenvalue weighted by molar-refractivity contribution is 0.0729. The van der Waals surface area contributed by atoms with E-state index in [2.05, 4.69) is 34.7 Å². The summed E-state index contributed by atoms with van der Waals surface area (Å²) in [5.74, 6) is 0.551. The van der Waals surface area contributed by atoms with E-state index in [9.17, 15) is 4.79 Å². The number of anilines is 1. The summed E-state index contributed by atoms with van der Waals surface area (Å²) in [6.45, 7) is 6.49. The van der Waals surface area contributed by atoms with Gasteiger partial charge in [-0.25, -0.2) is 4.79 Å². The minimum absolute atomic E-state index is 0.258. The Labute approximate surface area is 186 Å². The van der Waals surface area contributed by atoms with Gasteiger partial charge in [-0.05, 0) is 66.0 Å². The number of nitrogens with zero attached hydrogens (tertiary/aromatic N) is 1. The summed E-state index contributed by atoms with van der Waals surface area (Å²) >= 11 is 3.67. The zero-order valence-electron chi connectivity index (χ0n) is 17.7. The van der Waals surface area contributed by atoms with E-state index >= 15 is 0 Å². The van der Waals surface area contributed by atoms with Gasteiger partial charge in [-0.1, -0.05) is 48.5 Å². The highest BCUT2D eigenvalue weighted by Gasteiger charge is 2.25. The van der Waals surface area contributed by atoms with Crippen molar-refractivity contribution < 1.29 is 14.3 Å². The molecule has 0 radical (unpaired) electrons. The predicted octanol–water partition coefficient (Wildman–Crippen LogP) is 6.40. The van der Waals surface area contributed by atoms with Crippen LogP contribution in [0.3, 0.4) is 0 Å². The van der Waals surface area contributed by atoms with Crippen LogP contribution >= 0.6 is 15.9 Å². The molecule has 0 unspecified atom stereocenters. The first-order valence-electron chi connectivity index (χ1n) is 9.88. The molecule has 0 saturated heterocycles. The van der Waals surface area contributed by atoms with E-state index in [0.717, 1.165) is 21.3 Å². The number of halogens is 1. The van der Waals surface area contributed by atoms with Gasteiger partial charge in [-0.2, -0.15) is 0 Å². The number of hydrogen-bond acceptors (Lipinski definition) is 4. The Hall–Kier alpha value is -2.79. The minimum Gasteiger partial charge on any atom is -0.488 e. The van der Waals surface area contributed by atoms with Crippen molar-refractivity contribution >= 4 is 27.6 Å². The molecule has 0 saturated carbocycles. The molecule has 0 heterocycles. The molecule has 0 fully saturated rings. The molecule has 3 rings (SSSR count). The second kappa shape index (κ2) is 9.81. The van der Waals surface area contributed by atoms with Gasteiger partial charge in [0, 0.05) is 17.6 Å². The van der Waals surface area contributed by atoms with Crippen LogP contribution in [0, 0.1) is 6.92 Å². The molecule has 0 amide bonds. The van der Waals surface area contributed by atoms with Crippen LogP contribution in [0.1, 0.15) is 35.3 Å². The van der Waals surface area contributed by atoms with Crippen molar-refractivity contribution in [1.29, 1.82) is 0 Å². The summed E-state index contributed by atoms with van der Waals surface area (Å²) < 4.78 is 12.6. The number of rotatable bonds is 7. The van der Waals surface area contributed by atoms with Crippen molar-refractivity contribution in [3.8, 4) is 11.5 Å².